The molecule has 0 fully saturated rings. The van der Waals surface area contributed by atoms with E-state index in [0.29, 0.717) is 0 Å². The fourth-order valence-electron chi connectivity index (χ4n) is 0.224. The summed E-state index contributed by atoms with van der Waals surface area (Å²) in [6.45, 7) is 10.3. The Morgan fingerprint density at radius 1 is 0.562 bits per heavy atom. The largest absolute Gasteiger partial charge is 0.331 e. The number of nitrogens with zero attached hydrogens (tertiary/aromatic N) is 2. The highest BCUT2D eigenvalue weighted by Gasteiger charge is 2.04. The average Bonchev–Trinajstić information content (AvgIpc) is 2.04. The molecule has 0 saturated heterocycles. The Hall–Kier alpha value is -0.0800. The molecule has 2 nitrogen and oxygen atoms in total. The van der Waals surface area contributed by atoms with Crippen LogP contribution in [0.3, 0.4) is 0 Å². The molecule has 0 radical (unpaired) electrons. The summed E-state index contributed by atoms with van der Waals surface area (Å²) in [5, 5.41) is 0. The zero-order chi connectivity index (χ0) is 11.1. The highest BCUT2D eigenvalue weighted by molar-refractivity contribution is 4.17. The van der Waals surface area contributed by atoms with Gasteiger partial charge in [0.1, 0.15) is 0 Å². The lowest BCUT2D eigenvalue weighted by Crippen LogP contribution is -2.38. The van der Waals surface area contributed by atoms with E-state index >= 15 is 0 Å². The van der Waals surface area contributed by atoms with E-state index in [1.54, 1.807) is 0 Å². The van der Waals surface area contributed by atoms with Gasteiger partial charge in [0.05, 0.1) is 54.9 Å². The van der Waals surface area contributed by atoms with E-state index in [-0.39, 0.29) is 22.3 Å². The van der Waals surface area contributed by atoms with Gasteiger partial charge in [-0.05, 0) is 20.8 Å². The van der Waals surface area contributed by atoms with Crippen LogP contribution in [0.25, 0.3) is 0 Å². The summed E-state index contributed by atoms with van der Waals surface area (Å²) in [7, 11) is 11.0. The quantitative estimate of drug-likeness (QED) is 0.657. The van der Waals surface area contributed by atoms with Gasteiger partial charge in [0.2, 0.25) is 0 Å². The first kappa shape index (κ1) is 29.7. The second-order valence-electron chi connectivity index (χ2n) is 5.17. The molecular weight excluding hydrogens is 196 g/mol. The third kappa shape index (κ3) is 29.2. The van der Waals surface area contributed by atoms with Crippen molar-refractivity contribution in [3.63, 3.8) is 0 Å². The molecule has 2 heteroatoms. The van der Waals surface area contributed by atoms with Gasteiger partial charge in [-0.2, -0.15) is 0 Å². The van der Waals surface area contributed by atoms with Gasteiger partial charge >= 0.3 is 0 Å². The molecule has 0 N–H and O–H groups in total. The van der Waals surface area contributed by atoms with Crippen molar-refractivity contribution in [3.05, 3.63) is 0 Å². The van der Waals surface area contributed by atoms with Crippen LogP contribution in [0, 0.1) is 0 Å². The topological polar surface area (TPSA) is 0 Å². The fraction of sp³-hybridized carbons (Fsp3) is 1.00. The first-order valence-corrected chi connectivity index (χ1v) is 5.31. The second-order valence-corrected chi connectivity index (χ2v) is 5.17. The lowest BCUT2D eigenvalue weighted by atomic mass is 10.5. The first-order chi connectivity index (χ1) is 5.68. The fourth-order valence-corrected chi connectivity index (χ4v) is 0.224. The summed E-state index contributed by atoms with van der Waals surface area (Å²) in [6.07, 6.45) is 0. The molecule has 0 heterocycles. The average molecular weight is 239 g/mol. The zero-order valence-electron chi connectivity index (χ0n) is 11.0. The van der Waals surface area contributed by atoms with Crippen LogP contribution in [-0.4, -0.2) is 63.8 Å². The molecule has 0 aliphatic heterocycles. The summed E-state index contributed by atoms with van der Waals surface area (Å²) >= 11 is 0. The van der Waals surface area contributed by atoms with Gasteiger partial charge in [0.25, 0.3) is 0 Å². The molecule has 106 valence electrons. The van der Waals surface area contributed by atoms with Crippen LogP contribution in [0.15, 0.2) is 0 Å². The monoisotopic (exact) mass is 238 g/mol. The summed E-state index contributed by atoms with van der Waals surface area (Å²) in [6, 6.07) is 0. The zero-order valence-corrected chi connectivity index (χ0v) is 11.0. The van der Waals surface area contributed by atoms with E-state index in [4.69, 9.17) is 0 Å². The maximum atomic E-state index is 2.24. The van der Waals surface area contributed by atoms with Crippen molar-refractivity contribution in [2.24, 2.45) is 0 Å². The molecule has 0 aliphatic carbocycles. The van der Waals surface area contributed by atoms with Gasteiger partial charge in [0.15, 0.2) is 0 Å². The Labute approximate surface area is 107 Å². The molecule has 0 aromatic heterocycles. The number of hydrogen-bond donors (Lipinski definition) is 0. The van der Waals surface area contributed by atoms with Crippen molar-refractivity contribution in [1.29, 1.82) is 0 Å². The second kappa shape index (κ2) is 13.0. The minimum atomic E-state index is 0. The molecule has 0 unspecified atom stereocenters. The summed E-state index contributed by atoms with van der Waals surface area (Å²) in [5.41, 5.74) is 0. The number of rotatable bonds is 3. The number of hydrogen-bond acceptors (Lipinski definition) is 0. The summed E-state index contributed by atoms with van der Waals surface area (Å²) < 4.78 is 2.21. The minimum Gasteiger partial charge on any atom is -0.331 e. The van der Waals surface area contributed by atoms with E-state index in [0.717, 1.165) is 8.97 Å². The SMILES string of the molecule is C.C.C.CC[N+](C)(C)C.CC[N+](C)(C)CC. The highest BCUT2D eigenvalue weighted by Crippen LogP contribution is 1.91. The lowest BCUT2D eigenvalue weighted by Gasteiger charge is -2.25. The van der Waals surface area contributed by atoms with Gasteiger partial charge in [0, 0.05) is 0 Å². The molecular formula is C14H42N2+2. The van der Waals surface area contributed by atoms with Crippen LogP contribution in [0.4, 0.5) is 0 Å². The molecule has 0 atom stereocenters. The third-order valence-corrected chi connectivity index (χ3v) is 2.66. The molecule has 0 aromatic carbocycles. The molecule has 0 saturated carbocycles. The summed E-state index contributed by atoms with van der Waals surface area (Å²) in [4.78, 5) is 0. The highest BCUT2D eigenvalue weighted by atomic mass is 15.3. The standard InChI is InChI=1S/C6H16N.C5H14N.3CH4/c1-5-7(3,4)6-2;1-5-6(2,3)4;;;/h5-6H2,1-4H3;5H2,1-4H3;3*1H4/q2*+1;;;. The lowest BCUT2D eigenvalue weighted by molar-refractivity contribution is -0.886. The van der Waals surface area contributed by atoms with Crippen molar-refractivity contribution in [2.45, 2.75) is 43.1 Å². The van der Waals surface area contributed by atoms with E-state index in [2.05, 4.69) is 56.0 Å². The predicted molar refractivity (Wildman–Crippen MR) is 82.0 cm³/mol. The predicted octanol–water partition coefficient (Wildman–Crippen LogP) is 3.72. The van der Waals surface area contributed by atoms with Gasteiger partial charge in [-0.25, -0.2) is 0 Å². The summed E-state index contributed by atoms with van der Waals surface area (Å²) in [5.74, 6) is 0. The maximum Gasteiger partial charge on any atom is 0.0753 e. The molecule has 0 rings (SSSR count). The Morgan fingerprint density at radius 2 is 0.750 bits per heavy atom. The molecule has 0 amide bonds. The van der Waals surface area contributed by atoms with Crippen molar-refractivity contribution in [3.8, 4) is 0 Å². The number of quaternary nitrogens is 2. The molecule has 0 aromatic rings. The van der Waals surface area contributed by atoms with Crippen molar-refractivity contribution in [1.82, 2.24) is 0 Å². The molecule has 0 aliphatic rings. The van der Waals surface area contributed by atoms with Crippen LogP contribution in [0.5, 0.6) is 0 Å². The van der Waals surface area contributed by atoms with Crippen LogP contribution in [0.1, 0.15) is 43.1 Å². The van der Waals surface area contributed by atoms with Crippen LogP contribution < -0.4 is 0 Å². The van der Waals surface area contributed by atoms with Crippen LogP contribution in [0.2, 0.25) is 0 Å². The van der Waals surface area contributed by atoms with Crippen LogP contribution in [-0.2, 0) is 0 Å². The molecule has 0 spiro atoms. The van der Waals surface area contributed by atoms with Gasteiger partial charge in [-0.1, -0.05) is 22.3 Å². The Kier molecular flexibility index (Phi) is 24.1. The molecule has 0 bridgehead atoms. The van der Waals surface area contributed by atoms with Crippen molar-refractivity contribution >= 4 is 0 Å². The van der Waals surface area contributed by atoms with E-state index in [9.17, 15) is 0 Å². The van der Waals surface area contributed by atoms with E-state index in [1.165, 1.54) is 19.6 Å². The smallest absolute Gasteiger partial charge is 0.0753 e. The van der Waals surface area contributed by atoms with Crippen molar-refractivity contribution in [2.75, 3.05) is 54.9 Å². The Balaban J connectivity index is -0.0000000428. The van der Waals surface area contributed by atoms with E-state index in [1.807, 2.05) is 0 Å². The van der Waals surface area contributed by atoms with Gasteiger partial charge in [-0.15, -0.1) is 0 Å². The molecule has 16 heavy (non-hydrogen) atoms. The normalized spacial score (nSPS) is 9.75. The minimum absolute atomic E-state index is 0. The Morgan fingerprint density at radius 3 is 0.750 bits per heavy atom. The maximum absolute atomic E-state index is 2.24. The van der Waals surface area contributed by atoms with Gasteiger partial charge < -0.3 is 8.97 Å². The first-order valence-electron chi connectivity index (χ1n) is 5.31. The van der Waals surface area contributed by atoms with Crippen molar-refractivity contribution < 1.29 is 8.97 Å². The van der Waals surface area contributed by atoms with E-state index < -0.39 is 0 Å². The third-order valence-electron chi connectivity index (χ3n) is 2.66. The van der Waals surface area contributed by atoms with Gasteiger partial charge in [-0.3, -0.25) is 0 Å². The Bertz CT molecular complexity index is 106. The van der Waals surface area contributed by atoms with Crippen LogP contribution >= 0.6 is 0 Å².